The van der Waals surface area contributed by atoms with Gasteiger partial charge in [-0.25, -0.2) is 0 Å². The van der Waals surface area contributed by atoms with Crippen molar-refractivity contribution in [1.82, 2.24) is 0 Å². The minimum atomic E-state index is 0.689. The molecular formula is C12H16N2O. The van der Waals surface area contributed by atoms with Gasteiger partial charge in [0, 0.05) is 30.3 Å². The Hall–Kier alpha value is -1.38. The van der Waals surface area contributed by atoms with E-state index in [1.54, 1.807) is 7.11 Å². The zero-order valence-corrected chi connectivity index (χ0v) is 8.99. The summed E-state index contributed by atoms with van der Waals surface area (Å²) in [7, 11) is 1.66. The Morgan fingerprint density at radius 1 is 1.33 bits per heavy atom. The molecule has 3 nitrogen and oxygen atoms in total. The molecule has 0 aromatic heterocycles. The standard InChI is InChI=1S/C12H16N2O/c1-15-11-6-9(2-3-10(11)13)14-7-12(8-14)4-5-12/h2-3,6H,4-5,7-8,13H2,1H3. The van der Waals surface area contributed by atoms with E-state index in [0.717, 1.165) is 5.75 Å². The number of hydrogen-bond donors (Lipinski definition) is 1. The third-order valence-corrected chi connectivity index (χ3v) is 3.59. The van der Waals surface area contributed by atoms with Crippen molar-refractivity contribution in [2.75, 3.05) is 30.8 Å². The van der Waals surface area contributed by atoms with E-state index >= 15 is 0 Å². The first-order valence-electron chi connectivity index (χ1n) is 5.41. The number of nitrogens with zero attached hydrogens (tertiary/aromatic N) is 1. The Bertz CT molecular complexity index is 391. The highest BCUT2D eigenvalue weighted by molar-refractivity contribution is 5.63. The van der Waals surface area contributed by atoms with Crippen LogP contribution in [0.1, 0.15) is 12.8 Å². The van der Waals surface area contributed by atoms with Crippen molar-refractivity contribution in [2.45, 2.75) is 12.8 Å². The molecule has 1 saturated carbocycles. The maximum Gasteiger partial charge on any atom is 0.143 e. The Labute approximate surface area is 89.8 Å². The first kappa shape index (κ1) is 8.89. The lowest BCUT2D eigenvalue weighted by Crippen LogP contribution is -2.48. The van der Waals surface area contributed by atoms with Crippen LogP contribution in [0.3, 0.4) is 0 Å². The average molecular weight is 204 g/mol. The molecule has 0 atom stereocenters. The highest BCUT2D eigenvalue weighted by Crippen LogP contribution is 2.54. The largest absolute Gasteiger partial charge is 0.495 e. The normalized spacial score (nSPS) is 21.3. The molecule has 0 unspecified atom stereocenters. The molecule has 1 aliphatic heterocycles. The van der Waals surface area contributed by atoms with Gasteiger partial charge in [0.25, 0.3) is 0 Å². The highest BCUT2D eigenvalue weighted by atomic mass is 16.5. The van der Waals surface area contributed by atoms with Crippen LogP contribution in [0.4, 0.5) is 11.4 Å². The van der Waals surface area contributed by atoms with Gasteiger partial charge in [0.2, 0.25) is 0 Å². The van der Waals surface area contributed by atoms with Crippen molar-refractivity contribution in [3.8, 4) is 5.75 Å². The van der Waals surface area contributed by atoms with Gasteiger partial charge < -0.3 is 15.4 Å². The van der Waals surface area contributed by atoms with E-state index in [2.05, 4.69) is 11.0 Å². The van der Waals surface area contributed by atoms with Crippen LogP contribution in [0.15, 0.2) is 18.2 Å². The molecule has 15 heavy (non-hydrogen) atoms. The third kappa shape index (κ3) is 1.34. The fourth-order valence-corrected chi connectivity index (χ4v) is 2.34. The minimum Gasteiger partial charge on any atom is -0.495 e. The predicted octanol–water partition coefficient (Wildman–Crippen LogP) is 1.88. The Balaban J connectivity index is 1.80. The smallest absolute Gasteiger partial charge is 0.143 e. The second-order valence-electron chi connectivity index (χ2n) is 4.78. The van der Waals surface area contributed by atoms with Crippen LogP contribution in [-0.2, 0) is 0 Å². The van der Waals surface area contributed by atoms with Crippen molar-refractivity contribution in [2.24, 2.45) is 5.41 Å². The molecule has 1 saturated heterocycles. The quantitative estimate of drug-likeness (QED) is 0.747. The van der Waals surface area contributed by atoms with Crippen LogP contribution in [0.2, 0.25) is 0 Å². The molecular weight excluding hydrogens is 188 g/mol. The average Bonchev–Trinajstić information content (AvgIpc) is 2.96. The van der Waals surface area contributed by atoms with Crippen molar-refractivity contribution >= 4 is 11.4 Å². The van der Waals surface area contributed by atoms with E-state index < -0.39 is 0 Å². The molecule has 2 aliphatic rings. The van der Waals surface area contributed by atoms with Gasteiger partial charge in [-0.05, 0) is 25.0 Å². The summed E-state index contributed by atoms with van der Waals surface area (Å²) in [5, 5.41) is 0. The number of nitrogen functional groups attached to an aromatic ring is 1. The highest BCUT2D eigenvalue weighted by Gasteiger charge is 2.52. The summed E-state index contributed by atoms with van der Waals surface area (Å²) < 4.78 is 5.22. The van der Waals surface area contributed by atoms with Crippen molar-refractivity contribution < 1.29 is 4.74 Å². The summed E-state index contributed by atoms with van der Waals surface area (Å²) in [6.07, 6.45) is 2.82. The molecule has 80 valence electrons. The lowest BCUT2D eigenvalue weighted by atomic mass is 9.96. The van der Waals surface area contributed by atoms with E-state index in [0.29, 0.717) is 11.1 Å². The first-order valence-corrected chi connectivity index (χ1v) is 5.41. The number of benzene rings is 1. The molecule has 1 spiro atoms. The second kappa shape index (κ2) is 2.81. The Morgan fingerprint density at radius 3 is 2.67 bits per heavy atom. The van der Waals surface area contributed by atoms with Crippen molar-refractivity contribution in [3.05, 3.63) is 18.2 Å². The van der Waals surface area contributed by atoms with Crippen LogP contribution in [0, 0.1) is 5.41 Å². The minimum absolute atomic E-state index is 0.689. The maximum atomic E-state index is 5.78. The van der Waals surface area contributed by atoms with Gasteiger partial charge >= 0.3 is 0 Å². The number of rotatable bonds is 2. The van der Waals surface area contributed by atoms with Gasteiger partial charge in [0.05, 0.1) is 12.8 Å². The van der Waals surface area contributed by atoms with Gasteiger partial charge in [-0.3, -0.25) is 0 Å². The van der Waals surface area contributed by atoms with Gasteiger partial charge in [-0.2, -0.15) is 0 Å². The molecule has 1 aliphatic carbocycles. The van der Waals surface area contributed by atoms with Gasteiger partial charge in [0.1, 0.15) is 5.75 Å². The second-order valence-corrected chi connectivity index (χ2v) is 4.78. The monoisotopic (exact) mass is 204 g/mol. The van der Waals surface area contributed by atoms with Crippen LogP contribution in [0.5, 0.6) is 5.75 Å². The van der Waals surface area contributed by atoms with Crippen LogP contribution < -0.4 is 15.4 Å². The maximum absolute atomic E-state index is 5.78. The van der Waals surface area contributed by atoms with E-state index in [4.69, 9.17) is 10.5 Å². The van der Waals surface area contributed by atoms with Gasteiger partial charge in [-0.1, -0.05) is 0 Å². The topological polar surface area (TPSA) is 38.5 Å². The fourth-order valence-electron chi connectivity index (χ4n) is 2.34. The van der Waals surface area contributed by atoms with E-state index in [1.807, 2.05) is 12.1 Å². The molecule has 0 radical (unpaired) electrons. The number of nitrogens with two attached hydrogens (primary N) is 1. The Morgan fingerprint density at radius 2 is 2.07 bits per heavy atom. The number of ether oxygens (including phenoxy) is 1. The van der Waals surface area contributed by atoms with Crippen LogP contribution >= 0.6 is 0 Å². The van der Waals surface area contributed by atoms with Gasteiger partial charge in [0.15, 0.2) is 0 Å². The van der Waals surface area contributed by atoms with Crippen molar-refractivity contribution in [1.29, 1.82) is 0 Å². The summed E-state index contributed by atoms with van der Waals surface area (Å²) in [4.78, 5) is 2.40. The zero-order chi connectivity index (χ0) is 10.5. The lowest BCUT2D eigenvalue weighted by molar-refractivity contribution is 0.385. The summed E-state index contributed by atoms with van der Waals surface area (Å²) >= 11 is 0. The molecule has 0 bridgehead atoms. The molecule has 2 N–H and O–H groups in total. The van der Waals surface area contributed by atoms with Crippen molar-refractivity contribution in [3.63, 3.8) is 0 Å². The third-order valence-electron chi connectivity index (χ3n) is 3.59. The van der Waals surface area contributed by atoms with E-state index in [1.165, 1.54) is 31.6 Å². The molecule has 2 fully saturated rings. The number of hydrogen-bond acceptors (Lipinski definition) is 3. The SMILES string of the molecule is COc1cc(N2CC3(CC3)C2)ccc1N. The lowest BCUT2D eigenvalue weighted by Gasteiger charge is -2.42. The summed E-state index contributed by atoms with van der Waals surface area (Å²) in [5.41, 5.74) is 8.42. The van der Waals surface area contributed by atoms with E-state index in [9.17, 15) is 0 Å². The first-order chi connectivity index (χ1) is 7.22. The molecule has 0 amide bonds. The summed E-state index contributed by atoms with van der Waals surface area (Å²) in [6.45, 7) is 2.42. The molecule has 1 heterocycles. The zero-order valence-electron chi connectivity index (χ0n) is 8.99. The Kier molecular flexibility index (Phi) is 1.67. The molecule has 1 aromatic rings. The fraction of sp³-hybridized carbons (Fsp3) is 0.500. The molecule has 3 rings (SSSR count). The van der Waals surface area contributed by atoms with E-state index in [-0.39, 0.29) is 0 Å². The predicted molar refractivity (Wildman–Crippen MR) is 61.3 cm³/mol. The number of methoxy groups -OCH3 is 1. The molecule has 1 aromatic carbocycles. The number of anilines is 2. The summed E-state index contributed by atoms with van der Waals surface area (Å²) in [6, 6.07) is 6.03. The molecule has 3 heteroatoms. The van der Waals surface area contributed by atoms with Crippen LogP contribution in [-0.4, -0.2) is 20.2 Å². The van der Waals surface area contributed by atoms with Gasteiger partial charge in [-0.15, -0.1) is 0 Å². The summed E-state index contributed by atoms with van der Waals surface area (Å²) in [5.74, 6) is 0.782. The van der Waals surface area contributed by atoms with Crippen LogP contribution in [0.25, 0.3) is 0 Å².